The lowest BCUT2D eigenvalue weighted by Crippen LogP contribution is -2.24. The lowest BCUT2D eigenvalue weighted by Gasteiger charge is -2.20. The van der Waals surface area contributed by atoms with Gasteiger partial charge in [-0.25, -0.2) is 4.98 Å². The third-order valence-electron chi connectivity index (χ3n) is 5.02. The van der Waals surface area contributed by atoms with E-state index in [1.165, 1.54) is 37.9 Å². The predicted octanol–water partition coefficient (Wildman–Crippen LogP) is 4.73. The van der Waals surface area contributed by atoms with E-state index in [0.29, 0.717) is 0 Å². The fraction of sp³-hybridized carbons (Fsp3) is 0.409. The van der Waals surface area contributed by atoms with Crippen molar-refractivity contribution < 1.29 is 15.3 Å². The van der Waals surface area contributed by atoms with Crippen molar-refractivity contribution >= 4 is 23.0 Å². The summed E-state index contributed by atoms with van der Waals surface area (Å²) in [5.74, 6) is 0.837. The minimum Gasteiger partial charge on any atom is -0.496 e. The number of pyridine rings is 1. The first-order chi connectivity index (χ1) is 14.7. The molecule has 3 aromatic rings. The number of likely N-dealkylation sites (tertiary alicyclic amines) is 1. The van der Waals surface area contributed by atoms with Gasteiger partial charge in [0.25, 0.3) is 0 Å². The maximum atomic E-state index is 6.00. The Morgan fingerprint density at radius 1 is 1.13 bits per heavy atom. The van der Waals surface area contributed by atoms with E-state index in [9.17, 15) is 0 Å². The summed E-state index contributed by atoms with van der Waals surface area (Å²) in [5.41, 5.74) is 4.37. The number of methoxy groups -OCH3 is 1. The van der Waals surface area contributed by atoms with Crippen LogP contribution >= 0.6 is 11.9 Å². The smallest absolute Gasteiger partial charge is 0.141 e. The zero-order chi connectivity index (χ0) is 21.8. The van der Waals surface area contributed by atoms with Gasteiger partial charge in [0.05, 0.1) is 12.5 Å². The van der Waals surface area contributed by atoms with Crippen LogP contribution in [0.2, 0.25) is 0 Å². The number of nitrogens with one attached hydrogen (secondary N) is 2. The third kappa shape index (κ3) is 6.72. The molecule has 0 bridgehead atoms. The maximum Gasteiger partial charge on any atom is 0.141 e. The summed E-state index contributed by atoms with van der Waals surface area (Å²) in [6.07, 6.45) is 10.0. The van der Waals surface area contributed by atoms with Crippen molar-refractivity contribution in [1.29, 1.82) is 0 Å². The monoisotopic (exact) mass is 432 g/mol. The first kappa shape index (κ1) is 24.2. The van der Waals surface area contributed by atoms with Gasteiger partial charge in [-0.3, -0.25) is 15.2 Å². The molecule has 1 aliphatic heterocycles. The summed E-state index contributed by atoms with van der Waals surface area (Å²) in [5, 5.41) is 13.0. The number of nitrogens with zero attached hydrogens (tertiary/aromatic N) is 2. The Morgan fingerprint density at radius 3 is 2.40 bits per heavy atom. The van der Waals surface area contributed by atoms with E-state index in [-0.39, 0.29) is 0 Å². The van der Waals surface area contributed by atoms with Gasteiger partial charge in [-0.1, -0.05) is 42.6 Å². The number of rotatable bonds is 5. The van der Waals surface area contributed by atoms with Crippen molar-refractivity contribution in [3.05, 3.63) is 48.3 Å². The first-order valence-corrected chi connectivity index (χ1v) is 11.2. The second-order valence-electron chi connectivity index (χ2n) is 7.03. The first-order valence-electron chi connectivity index (χ1n) is 9.96. The van der Waals surface area contributed by atoms with Crippen LogP contribution in [0.15, 0.2) is 42.7 Å². The molecule has 1 fully saturated rings. The van der Waals surface area contributed by atoms with Crippen LogP contribution in [0.25, 0.3) is 22.2 Å². The maximum absolute atomic E-state index is 6.00. The summed E-state index contributed by atoms with van der Waals surface area (Å²) >= 11 is 1.63. The van der Waals surface area contributed by atoms with Gasteiger partial charge in [-0.15, -0.1) is 0 Å². The quantitative estimate of drug-likeness (QED) is 0.263. The fourth-order valence-electron chi connectivity index (χ4n) is 3.43. The number of benzene rings is 1. The van der Waals surface area contributed by atoms with Crippen LogP contribution in [-0.2, 0) is 6.54 Å². The number of aromatic amines is 1. The molecule has 1 aliphatic rings. The minimum absolute atomic E-state index is 0.837. The lowest BCUT2D eigenvalue weighted by molar-refractivity contribution is -0.176. The Kier molecular flexibility index (Phi) is 10.7. The van der Waals surface area contributed by atoms with Gasteiger partial charge in [0, 0.05) is 24.5 Å². The minimum atomic E-state index is 0.837. The number of fused-ring (bicyclic) bond motifs is 1. The molecule has 164 valence electrons. The molecular formula is C22H32N4O3S. The zero-order valence-electron chi connectivity index (χ0n) is 17.9. The van der Waals surface area contributed by atoms with Crippen LogP contribution in [0.3, 0.4) is 0 Å². The van der Waals surface area contributed by atoms with Crippen molar-refractivity contribution in [2.75, 3.05) is 33.5 Å². The molecule has 30 heavy (non-hydrogen) atoms. The van der Waals surface area contributed by atoms with Crippen molar-refractivity contribution in [2.24, 2.45) is 0 Å². The van der Waals surface area contributed by atoms with Gasteiger partial charge >= 0.3 is 0 Å². The summed E-state index contributed by atoms with van der Waals surface area (Å²) < 4.78 is 8.70. The average molecular weight is 433 g/mol. The highest BCUT2D eigenvalue weighted by atomic mass is 32.2. The second kappa shape index (κ2) is 13.3. The van der Waals surface area contributed by atoms with Crippen LogP contribution in [-0.4, -0.2) is 58.9 Å². The van der Waals surface area contributed by atoms with Gasteiger partial charge in [0.2, 0.25) is 0 Å². The Morgan fingerprint density at radius 2 is 1.83 bits per heavy atom. The summed E-state index contributed by atoms with van der Waals surface area (Å²) in [4.78, 5) is 9.94. The van der Waals surface area contributed by atoms with Crippen LogP contribution < -0.4 is 9.46 Å². The fourth-order valence-corrected chi connectivity index (χ4v) is 3.74. The standard InChI is InChI=1S/C16H17N3OS.C6H13N.H2O2/c1-20-14-7-8-17-16-15(14)13(10-18-16)12-5-3-11(4-6-12)9-19-21-2;1-7-5-3-2-4-6-7;1-2/h3-8,10,19H,9H2,1-2H3,(H,17,18);2-6H2,1H3;1-2H. The molecule has 0 radical (unpaired) electrons. The highest BCUT2D eigenvalue weighted by molar-refractivity contribution is 7.96. The van der Waals surface area contributed by atoms with Crippen LogP contribution in [0.5, 0.6) is 5.75 Å². The van der Waals surface area contributed by atoms with Crippen molar-refractivity contribution in [2.45, 2.75) is 25.8 Å². The molecule has 0 aliphatic carbocycles. The van der Waals surface area contributed by atoms with E-state index in [1.807, 2.05) is 18.5 Å². The average Bonchev–Trinajstić information content (AvgIpc) is 3.25. The Labute approximate surface area is 182 Å². The molecule has 8 heteroatoms. The van der Waals surface area contributed by atoms with E-state index in [1.54, 1.807) is 25.3 Å². The Hall–Kier alpha value is -2.10. The normalized spacial score (nSPS) is 13.8. The SMILES string of the molecule is CN1CCCCC1.COc1ccnc2[nH]cc(-c3ccc(CNSC)cc3)c12.OO. The molecule has 0 amide bonds. The van der Waals surface area contributed by atoms with Gasteiger partial charge in [-0.05, 0) is 56.4 Å². The molecule has 0 atom stereocenters. The van der Waals surface area contributed by atoms with E-state index < -0.39 is 0 Å². The van der Waals surface area contributed by atoms with E-state index in [4.69, 9.17) is 15.3 Å². The number of aromatic nitrogens is 2. The van der Waals surface area contributed by atoms with Gasteiger partial charge < -0.3 is 14.6 Å². The molecule has 3 heterocycles. The molecular weight excluding hydrogens is 400 g/mol. The number of hydrogen-bond donors (Lipinski definition) is 4. The topological polar surface area (TPSA) is 93.6 Å². The highest BCUT2D eigenvalue weighted by Gasteiger charge is 2.11. The summed E-state index contributed by atoms with van der Waals surface area (Å²) in [7, 11) is 3.88. The molecule has 4 N–H and O–H groups in total. The lowest BCUT2D eigenvalue weighted by atomic mass is 10.0. The predicted molar refractivity (Wildman–Crippen MR) is 125 cm³/mol. The van der Waals surface area contributed by atoms with Gasteiger partial charge in [-0.2, -0.15) is 0 Å². The highest BCUT2D eigenvalue weighted by Crippen LogP contribution is 2.34. The van der Waals surface area contributed by atoms with E-state index >= 15 is 0 Å². The molecule has 4 rings (SSSR count). The Balaban J connectivity index is 0.000000299. The summed E-state index contributed by atoms with van der Waals surface area (Å²) in [6, 6.07) is 10.4. The second-order valence-corrected chi connectivity index (χ2v) is 7.72. The van der Waals surface area contributed by atoms with E-state index in [2.05, 4.69) is 50.9 Å². The number of piperidine rings is 1. The van der Waals surface area contributed by atoms with Crippen molar-refractivity contribution in [1.82, 2.24) is 19.6 Å². The number of H-pyrrole nitrogens is 1. The van der Waals surface area contributed by atoms with Crippen molar-refractivity contribution in [3.63, 3.8) is 0 Å². The van der Waals surface area contributed by atoms with Crippen molar-refractivity contribution in [3.8, 4) is 16.9 Å². The molecule has 0 saturated carbocycles. The zero-order valence-corrected chi connectivity index (χ0v) is 18.7. The molecule has 1 aromatic carbocycles. The molecule has 0 unspecified atom stereocenters. The van der Waals surface area contributed by atoms with Crippen LogP contribution in [0.4, 0.5) is 0 Å². The Bertz CT molecular complexity index is 864. The molecule has 2 aromatic heterocycles. The summed E-state index contributed by atoms with van der Waals surface area (Å²) in [6.45, 7) is 3.50. The molecule has 1 saturated heterocycles. The van der Waals surface area contributed by atoms with E-state index in [0.717, 1.165) is 34.5 Å². The molecule has 0 spiro atoms. The largest absolute Gasteiger partial charge is 0.496 e. The third-order valence-corrected chi connectivity index (χ3v) is 5.45. The van der Waals surface area contributed by atoms with Crippen LogP contribution in [0.1, 0.15) is 24.8 Å². The van der Waals surface area contributed by atoms with Gasteiger partial charge in [0.1, 0.15) is 11.4 Å². The van der Waals surface area contributed by atoms with Gasteiger partial charge in [0.15, 0.2) is 0 Å². The van der Waals surface area contributed by atoms with Crippen LogP contribution in [0, 0.1) is 0 Å². The number of hydrogen-bond acceptors (Lipinski definition) is 7. The molecule has 7 nitrogen and oxygen atoms in total. The number of ether oxygens (including phenoxy) is 1.